The second-order valence-electron chi connectivity index (χ2n) is 9.01. The molecule has 2 amide bonds. The summed E-state index contributed by atoms with van der Waals surface area (Å²) in [6, 6.07) is 11.9. The predicted octanol–water partition coefficient (Wildman–Crippen LogP) is 5.23. The molecular weight excluding hydrogens is 647 g/mol. The molecule has 216 valence electrons. The molecule has 2 N–H and O–H groups in total. The van der Waals surface area contributed by atoms with Crippen LogP contribution in [0.25, 0.3) is 0 Å². The van der Waals surface area contributed by atoms with Crippen LogP contribution >= 0.6 is 46.1 Å². The predicted molar refractivity (Wildman–Crippen MR) is 159 cm³/mol. The van der Waals surface area contributed by atoms with Crippen LogP contribution in [0.1, 0.15) is 11.3 Å². The number of carbonyl (C=O) groups is 3. The third-order valence-corrected chi connectivity index (χ3v) is 9.49. The van der Waals surface area contributed by atoms with Gasteiger partial charge in [-0.2, -0.15) is 0 Å². The summed E-state index contributed by atoms with van der Waals surface area (Å²) in [5.74, 6) is 0.883. The Morgan fingerprint density at radius 1 is 1.10 bits per heavy atom. The molecule has 0 aliphatic carbocycles. The van der Waals surface area contributed by atoms with Crippen LogP contribution in [0, 0.1) is 12.0 Å². The van der Waals surface area contributed by atoms with Crippen molar-refractivity contribution in [1.82, 2.24) is 10.2 Å². The summed E-state index contributed by atoms with van der Waals surface area (Å²) in [5, 5.41) is 14.4. The number of fused-ring (bicyclic) bond motifs is 1. The Morgan fingerprint density at radius 2 is 1.83 bits per heavy atom. The molecule has 1 aromatic heterocycles. The number of aliphatic carboxylic acids is 1. The largest absolute Gasteiger partial charge is 0.477 e. The summed E-state index contributed by atoms with van der Waals surface area (Å²) in [4.78, 5) is 39.2. The molecule has 42 heavy (non-hydrogen) atoms. The van der Waals surface area contributed by atoms with Crippen molar-refractivity contribution in [3.05, 3.63) is 85.1 Å². The van der Waals surface area contributed by atoms with Crippen molar-refractivity contribution in [3.63, 3.8) is 0 Å². The van der Waals surface area contributed by atoms with Crippen LogP contribution < -0.4 is 14.8 Å². The van der Waals surface area contributed by atoms with Gasteiger partial charge < -0.3 is 19.9 Å². The lowest BCUT2D eigenvalue weighted by Crippen LogP contribution is -2.73. The van der Waals surface area contributed by atoms with E-state index in [0.717, 1.165) is 9.78 Å². The zero-order valence-electron chi connectivity index (χ0n) is 21.3. The van der Waals surface area contributed by atoms with Gasteiger partial charge in [-0.3, -0.25) is 18.7 Å². The molecule has 1 saturated heterocycles. The molecule has 2 aromatic carbocycles. The average Bonchev–Trinajstić information content (AvgIpc) is 3.45. The first-order chi connectivity index (χ1) is 20.1. The molecule has 1 fully saturated rings. The third-order valence-electron chi connectivity index (χ3n) is 6.19. The first-order valence-electron chi connectivity index (χ1n) is 12.2. The fourth-order valence-corrected chi connectivity index (χ4v) is 7.34. The molecular formula is C28H19Cl3N2O7S2. The third kappa shape index (κ3) is 6.43. The number of carboxylic acid groups (broad SMARTS) is 1. The monoisotopic (exact) mass is 664 g/mol. The van der Waals surface area contributed by atoms with Gasteiger partial charge >= 0.3 is 5.97 Å². The van der Waals surface area contributed by atoms with Gasteiger partial charge in [0.05, 0.1) is 28.0 Å². The van der Waals surface area contributed by atoms with E-state index in [-0.39, 0.29) is 46.4 Å². The Bertz CT molecular complexity index is 1700. The van der Waals surface area contributed by atoms with E-state index in [0.29, 0.717) is 15.8 Å². The van der Waals surface area contributed by atoms with Gasteiger partial charge in [-0.15, -0.1) is 11.3 Å². The van der Waals surface area contributed by atoms with Crippen LogP contribution in [0.4, 0.5) is 0 Å². The van der Waals surface area contributed by atoms with E-state index in [1.165, 1.54) is 23.5 Å². The number of amides is 2. The Labute approximate surface area is 261 Å². The molecule has 2 aliphatic heterocycles. The number of carbonyl (C=O) groups excluding carboxylic acids is 2. The van der Waals surface area contributed by atoms with Crippen LogP contribution in [0.3, 0.4) is 0 Å². The standard InChI is InChI=1S/C28H19Cl3N2O7S2/c29-16-5-7-20(19(31)11-16)40-21-8-6-17(30)12-22(21)39-9-1-3-15-14-42(38)27-24(26(35)33(27)25(15)28(36)37)32-23(34)13-18-4-2-10-41-18/h2,4-8,10-12,24,27H,3,13-14H2,(H,32,34)(H,36,37)/t24?,27-,42?/m0/s1. The highest BCUT2D eigenvalue weighted by atomic mass is 35.5. The summed E-state index contributed by atoms with van der Waals surface area (Å²) in [6.07, 6.45) is 2.41. The second kappa shape index (κ2) is 12.8. The zero-order valence-corrected chi connectivity index (χ0v) is 25.2. The molecule has 9 nitrogen and oxygen atoms in total. The van der Waals surface area contributed by atoms with Crippen molar-refractivity contribution >= 4 is 74.7 Å². The number of nitrogens with one attached hydrogen (secondary N) is 1. The summed E-state index contributed by atoms with van der Waals surface area (Å²) in [6.45, 7) is 0. The zero-order chi connectivity index (χ0) is 30.0. The van der Waals surface area contributed by atoms with E-state index in [4.69, 9.17) is 44.3 Å². The molecule has 0 spiro atoms. The fourth-order valence-electron chi connectivity index (χ4n) is 4.34. The fraction of sp³-hybridized carbons (Fsp3) is 0.179. The number of halogens is 3. The number of carboxylic acids is 1. The van der Waals surface area contributed by atoms with E-state index >= 15 is 0 Å². The number of hydrogen-bond acceptors (Lipinski definition) is 7. The van der Waals surface area contributed by atoms with E-state index in [2.05, 4.69) is 17.3 Å². The van der Waals surface area contributed by atoms with E-state index in [9.17, 15) is 23.7 Å². The molecule has 2 aliphatic rings. The first-order valence-corrected chi connectivity index (χ1v) is 15.6. The maximum atomic E-state index is 13.1. The molecule has 3 heterocycles. The molecule has 3 aromatic rings. The summed E-state index contributed by atoms with van der Waals surface area (Å²) < 4.78 is 24.4. The minimum Gasteiger partial charge on any atom is -0.477 e. The Kier molecular flexibility index (Phi) is 9.11. The SMILES string of the molecule is O=C(Cc1cccs1)NC1C(=O)N2C(C(=O)O)=C(CC#COc3cc(Cl)ccc3Oc3ccc(Cl)cc3Cl)CS(=O)[C@@H]12. The van der Waals surface area contributed by atoms with Crippen LogP contribution in [-0.2, 0) is 31.6 Å². The van der Waals surface area contributed by atoms with E-state index in [1.807, 2.05) is 5.38 Å². The number of ether oxygens (including phenoxy) is 2. The van der Waals surface area contributed by atoms with Gasteiger partial charge in [0.1, 0.15) is 29.0 Å². The van der Waals surface area contributed by atoms with Crippen molar-refractivity contribution in [3.8, 4) is 29.3 Å². The summed E-state index contributed by atoms with van der Waals surface area (Å²) in [5.41, 5.74) is -0.104. The van der Waals surface area contributed by atoms with Crippen LogP contribution in [0.15, 0.2) is 65.2 Å². The van der Waals surface area contributed by atoms with Crippen LogP contribution in [-0.4, -0.2) is 49.2 Å². The number of nitrogens with zero attached hydrogens (tertiary/aromatic N) is 1. The van der Waals surface area contributed by atoms with Crippen molar-refractivity contribution in [2.75, 3.05) is 5.75 Å². The van der Waals surface area contributed by atoms with Crippen LogP contribution in [0.2, 0.25) is 15.1 Å². The minimum absolute atomic E-state index is 0.0649. The first kappa shape index (κ1) is 29.9. The molecule has 3 atom stereocenters. The Hall–Kier alpha value is -3.53. The summed E-state index contributed by atoms with van der Waals surface area (Å²) in [7, 11) is -1.67. The molecule has 5 rings (SSSR count). The van der Waals surface area contributed by atoms with Crippen LogP contribution in [0.5, 0.6) is 17.2 Å². The Morgan fingerprint density at radius 3 is 2.52 bits per heavy atom. The number of β-lactam (4-membered cyclic amide) rings is 1. The second-order valence-corrected chi connectivity index (χ2v) is 12.9. The Balaban J connectivity index is 1.29. The highest BCUT2D eigenvalue weighted by molar-refractivity contribution is 7.86. The maximum Gasteiger partial charge on any atom is 0.352 e. The van der Waals surface area contributed by atoms with Gasteiger partial charge in [0.2, 0.25) is 5.91 Å². The molecule has 0 radical (unpaired) electrons. The molecule has 0 bridgehead atoms. The van der Waals surface area contributed by atoms with Crippen molar-refractivity contribution in [2.24, 2.45) is 0 Å². The minimum atomic E-state index is -1.67. The number of rotatable bonds is 8. The van der Waals surface area contributed by atoms with Gasteiger partial charge in [-0.1, -0.05) is 46.8 Å². The van der Waals surface area contributed by atoms with Crippen molar-refractivity contribution in [2.45, 2.75) is 24.3 Å². The number of hydrogen-bond donors (Lipinski definition) is 2. The highest BCUT2D eigenvalue weighted by Crippen LogP contribution is 2.38. The van der Waals surface area contributed by atoms with Crippen molar-refractivity contribution in [1.29, 1.82) is 0 Å². The van der Waals surface area contributed by atoms with Gasteiger partial charge in [-0.25, -0.2) is 4.79 Å². The summed E-state index contributed by atoms with van der Waals surface area (Å²) >= 11 is 19.6. The smallest absolute Gasteiger partial charge is 0.352 e. The molecule has 2 unspecified atom stereocenters. The van der Waals surface area contributed by atoms with Crippen molar-refractivity contribution < 1.29 is 33.2 Å². The number of benzene rings is 2. The number of thiophene rings is 1. The lowest BCUT2D eigenvalue weighted by Gasteiger charge is -2.49. The normalized spacial score (nSPS) is 19.3. The van der Waals surface area contributed by atoms with Gasteiger partial charge in [0, 0.05) is 27.4 Å². The quantitative estimate of drug-likeness (QED) is 0.250. The van der Waals surface area contributed by atoms with Gasteiger partial charge in [0.25, 0.3) is 5.91 Å². The van der Waals surface area contributed by atoms with E-state index in [1.54, 1.807) is 36.4 Å². The lowest BCUT2D eigenvalue weighted by molar-refractivity contribution is -0.150. The van der Waals surface area contributed by atoms with Gasteiger partial charge in [-0.05, 0) is 47.4 Å². The van der Waals surface area contributed by atoms with E-state index < -0.39 is 40.0 Å². The molecule has 14 heteroatoms. The average molecular weight is 666 g/mol. The van der Waals surface area contributed by atoms with Gasteiger partial charge in [0.15, 0.2) is 11.5 Å². The molecule has 0 saturated carbocycles. The maximum absolute atomic E-state index is 13.1. The topological polar surface area (TPSA) is 122 Å². The lowest BCUT2D eigenvalue weighted by atomic mass is 10.0. The highest BCUT2D eigenvalue weighted by Gasteiger charge is 2.57.